The lowest BCUT2D eigenvalue weighted by atomic mass is 9.83. The van der Waals surface area contributed by atoms with Crippen molar-refractivity contribution in [3.63, 3.8) is 0 Å². The van der Waals surface area contributed by atoms with Gasteiger partial charge in [0.25, 0.3) is 5.69 Å². The van der Waals surface area contributed by atoms with Crippen molar-refractivity contribution >= 4 is 46.6 Å². The fraction of sp³-hybridized carbons (Fsp3) is 0.179. The monoisotopic (exact) mass is 513 g/mol. The Kier molecular flexibility index (Phi) is 5.24. The minimum atomic E-state index is -0.925. The fourth-order valence-electron chi connectivity index (χ4n) is 5.88. The van der Waals surface area contributed by atoms with Crippen molar-refractivity contribution in [2.24, 2.45) is 11.8 Å². The van der Waals surface area contributed by atoms with Crippen LogP contribution < -0.4 is 4.90 Å². The van der Waals surface area contributed by atoms with E-state index < -0.39 is 40.7 Å². The standard InChI is InChI=1S/C28H20ClN3O5/c1-15-14-19(32(36)37)10-11-21(15)31-27(34)22-23(28(31)35)25(26(33)17-6-8-18(29)9-7-17)30-13-12-16-4-2-3-5-20(16)24(22)30/h2-14,22-25H,1H3/t22-,23+,24?,25-/m1/s1. The first-order valence-electron chi connectivity index (χ1n) is 11.7. The van der Waals surface area contributed by atoms with Crippen molar-refractivity contribution in [1.29, 1.82) is 0 Å². The van der Waals surface area contributed by atoms with Gasteiger partial charge < -0.3 is 4.90 Å². The van der Waals surface area contributed by atoms with Crippen LogP contribution in [0.2, 0.25) is 5.02 Å². The zero-order chi connectivity index (χ0) is 26.0. The Morgan fingerprint density at radius 3 is 2.38 bits per heavy atom. The number of rotatable bonds is 4. The summed E-state index contributed by atoms with van der Waals surface area (Å²) in [6.45, 7) is 1.62. The maximum absolute atomic E-state index is 14.0. The fourth-order valence-corrected chi connectivity index (χ4v) is 6.01. The van der Waals surface area contributed by atoms with E-state index in [2.05, 4.69) is 0 Å². The van der Waals surface area contributed by atoms with Crippen LogP contribution >= 0.6 is 11.6 Å². The maximum Gasteiger partial charge on any atom is 0.269 e. The zero-order valence-corrected chi connectivity index (χ0v) is 20.3. The lowest BCUT2D eigenvalue weighted by molar-refractivity contribution is -0.384. The molecule has 3 heterocycles. The molecule has 2 saturated heterocycles. The number of benzene rings is 3. The second-order valence-electron chi connectivity index (χ2n) is 9.44. The number of Topliss-reactive ketones (excluding diaryl/α,β-unsaturated/α-hetero) is 1. The molecule has 3 aromatic carbocycles. The van der Waals surface area contributed by atoms with Crippen molar-refractivity contribution in [1.82, 2.24) is 4.90 Å². The molecule has 0 aromatic heterocycles. The van der Waals surface area contributed by atoms with E-state index >= 15 is 0 Å². The average Bonchev–Trinajstić information content (AvgIpc) is 3.36. The third-order valence-electron chi connectivity index (χ3n) is 7.49. The molecule has 9 heteroatoms. The largest absolute Gasteiger partial charge is 0.358 e. The number of hydrogen-bond acceptors (Lipinski definition) is 6. The van der Waals surface area contributed by atoms with Gasteiger partial charge in [-0.3, -0.25) is 24.5 Å². The van der Waals surface area contributed by atoms with Crippen LogP contribution in [0.25, 0.3) is 6.08 Å². The highest BCUT2D eigenvalue weighted by atomic mass is 35.5. The number of nitro benzene ring substituents is 1. The smallest absolute Gasteiger partial charge is 0.269 e. The molecule has 2 amide bonds. The van der Waals surface area contributed by atoms with Crippen molar-refractivity contribution < 1.29 is 19.3 Å². The molecular formula is C28H20ClN3O5. The molecule has 6 rings (SSSR count). The predicted molar refractivity (Wildman–Crippen MR) is 137 cm³/mol. The van der Waals surface area contributed by atoms with Crippen LogP contribution in [-0.4, -0.2) is 33.5 Å². The van der Waals surface area contributed by atoms with Crippen LogP contribution in [0.4, 0.5) is 11.4 Å². The van der Waals surface area contributed by atoms with Gasteiger partial charge in [0.15, 0.2) is 5.78 Å². The number of fused-ring (bicyclic) bond motifs is 5. The topological polar surface area (TPSA) is 101 Å². The number of nitro groups is 1. The molecule has 1 unspecified atom stereocenters. The van der Waals surface area contributed by atoms with Crippen LogP contribution in [0.5, 0.6) is 0 Å². The van der Waals surface area contributed by atoms with Gasteiger partial charge in [0.05, 0.1) is 28.5 Å². The van der Waals surface area contributed by atoms with E-state index in [0.717, 1.165) is 16.0 Å². The van der Waals surface area contributed by atoms with Gasteiger partial charge in [-0.1, -0.05) is 35.9 Å². The van der Waals surface area contributed by atoms with Gasteiger partial charge in [-0.05, 0) is 60.0 Å². The number of imide groups is 1. The average molecular weight is 514 g/mol. The summed E-state index contributed by atoms with van der Waals surface area (Å²) in [6, 6.07) is 16.7. The van der Waals surface area contributed by atoms with Gasteiger partial charge in [0.1, 0.15) is 6.04 Å². The van der Waals surface area contributed by atoms with E-state index in [1.807, 2.05) is 35.2 Å². The normalized spacial score (nSPS) is 23.6. The first-order chi connectivity index (χ1) is 17.8. The molecule has 3 aliphatic heterocycles. The quantitative estimate of drug-likeness (QED) is 0.212. The Labute approximate surface area is 216 Å². The summed E-state index contributed by atoms with van der Waals surface area (Å²) in [4.78, 5) is 55.5. The maximum atomic E-state index is 14.0. The molecule has 0 radical (unpaired) electrons. The highest BCUT2D eigenvalue weighted by Gasteiger charge is 2.64. The molecular weight excluding hydrogens is 494 g/mol. The van der Waals surface area contributed by atoms with Crippen molar-refractivity contribution in [2.45, 2.75) is 19.0 Å². The van der Waals surface area contributed by atoms with Gasteiger partial charge in [-0.2, -0.15) is 0 Å². The number of aryl methyl sites for hydroxylation is 1. The third kappa shape index (κ3) is 3.40. The Morgan fingerprint density at radius 1 is 0.973 bits per heavy atom. The summed E-state index contributed by atoms with van der Waals surface area (Å²) in [5.41, 5.74) is 2.78. The van der Waals surface area contributed by atoms with Gasteiger partial charge in [-0.15, -0.1) is 0 Å². The van der Waals surface area contributed by atoms with Crippen molar-refractivity contribution in [3.05, 3.63) is 110 Å². The highest BCUT2D eigenvalue weighted by Crippen LogP contribution is 2.54. The lowest BCUT2D eigenvalue weighted by Gasteiger charge is -2.35. The third-order valence-corrected chi connectivity index (χ3v) is 7.74. The second kappa shape index (κ2) is 8.38. The summed E-state index contributed by atoms with van der Waals surface area (Å²) < 4.78 is 0. The molecule has 184 valence electrons. The summed E-state index contributed by atoms with van der Waals surface area (Å²) in [5.74, 6) is -2.90. The van der Waals surface area contributed by atoms with E-state index in [1.165, 1.54) is 18.2 Å². The first kappa shape index (κ1) is 23.1. The molecule has 2 fully saturated rings. The van der Waals surface area contributed by atoms with Crippen LogP contribution in [0.15, 0.2) is 72.9 Å². The van der Waals surface area contributed by atoms with E-state index in [4.69, 9.17) is 11.6 Å². The number of nitrogens with zero attached hydrogens (tertiary/aromatic N) is 3. The molecule has 0 bridgehead atoms. The summed E-state index contributed by atoms with van der Waals surface area (Å²) in [7, 11) is 0. The molecule has 3 aromatic rings. The van der Waals surface area contributed by atoms with E-state index in [9.17, 15) is 24.5 Å². The molecule has 0 saturated carbocycles. The Balaban J connectivity index is 1.49. The number of hydrogen-bond donors (Lipinski definition) is 0. The molecule has 4 atom stereocenters. The van der Waals surface area contributed by atoms with Crippen molar-refractivity contribution in [2.75, 3.05) is 4.90 Å². The SMILES string of the molecule is Cc1cc([N+](=O)[O-])ccc1N1C(=O)[C@H]2[C@@H](C1=O)C1c3ccccc3C=CN1[C@H]2C(=O)c1ccc(Cl)cc1. The number of carbonyl (C=O) groups excluding carboxylic acids is 3. The number of amides is 2. The summed E-state index contributed by atoms with van der Waals surface area (Å²) >= 11 is 6.03. The number of ketones is 1. The molecule has 0 N–H and O–H groups in total. The van der Waals surface area contributed by atoms with Gasteiger partial charge in [-0.25, -0.2) is 4.90 Å². The molecule has 3 aliphatic rings. The molecule has 37 heavy (non-hydrogen) atoms. The number of anilines is 1. The summed E-state index contributed by atoms with van der Waals surface area (Å²) in [6.07, 6.45) is 3.69. The van der Waals surface area contributed by atoms with Gasteiger partial charge >= 0.3 is 0 Å². The van der Waals surface area contributed by atoms with Crippen LogP contribution in [0.3, 0.4) is 0 Å². The lowest BCUT2D eigenvalue weighted by Crippen LogP contribution is -2.44. The van der Waals surface area contributed by atoms with Crippen molar-refractivity contribution in [3.8, 4) is 0 Å². The Morgan fingerprint density at radius 2 is 1.68 bits per heavy atom. The summed E-state index contributed by atoms with van der Waals surface area (Å²) in [5, 5.41) is 11.7. The van der Waals surface area contributed by atoms with Crippen LogP contribution in [0, 0.1) is 28.9 Å². The molecule has 8 nitrogen and oxygen atoms in total. The Hall–Kier alpha value is -4.30. The predicted octanol–water partition coefficient (Wildman–Crippen LogP) is 4.95. The second-order valence-corrected chi connectivity index (χ2v) is 9.88. The number of carbonyl (C=O) groups is 3. The number of non-ortho nitro benzene ring substituents is 1. The van der Waals surface area contributed by atoms with E-state index in [-0.39, 0.29) is 11.5 Å². The van der Waals surface area contributed by atoms with E-state index in [1.54, 1.807) is 37.4 Å². The molecule has 0 aliphatic carbocycles. The molecule has 0 spiro atoms. The Bertz CT molecular complexity index is 1530. The van der Waals surface area contributed by atoms with E-state index in [0.29, 0.717) is 21.8 Å². The minimum absolute atomic E-state index is 0.131. The minimum Gasteiger partial charge on any atom is -0.358 e. The number of halogens is 1. The van der Waals surface area contributed by atoms with Gasteiger partial charge in [0.2, 0.25) is 11.8 Å². The van der Waals surface area contributed by atoms with Crippen LogP contribution in [0.1, 0.15) is 33.1 Å². The first-order valence-corrected chi connectivity index (χ1v) is 12.1. The zero-order valence-electron chi connectivity index (χ0n) is 19.6. The highest BCUT2D eigenvalue weighted by molar-refractivity contribution is 6.30. The van der Waals surface area contributed by atoms with Gasteiger partial charge in [0, 0.05) is 28.9 Å². The van der Waals surface area contributed by atoms with Crippen LogP contribution in [-0.2, 0) is 9.59 Å².